The van der Waals surface area contributed by atoms with Crippen LogP contribution in [0.3, 0.4) is 0 Å². The van der Waals surface area contributed by atoms with Crippen molar-refractivity contribution in [2.45, 2.75) is 39.2 Å². The summed E-state index contributed by atoms with van der Waals surface area (Å²) in [4.78, 5) is 10.9. The number of nitrogens with zero attached hydrogens (tertiary/aromatic N) is 3. The fourth-order valence-electron chi connectivity index (χ4n) is 3.80. The topological polar surface area (TPSA) is 73.5 Å². The minimum Gasteiger partial charge on any atom is -0.454 e. The molecule has 1 aromatic heterocycles. The molecule has 26 heavy (non-hydrogen) atoms. The Bertz CT molecular complexity index is 877. The average molecular weight is 440 g/mol. The Morgan fingerprint density at radius 2 is 2.19 bits per heavy atom. The summed E-state index contributed by atoms with van der Waals surface area (Å²) in [6.07, 6.45) is 2.11. The maximum Gasteiger partial charge on any atom is 0.231 e. The summed E-state index contributed by atoms with van der Waals surface area (Å²) < 4.78 is 12.1. The first-order valence-electron chi connectivity index (χ1n) is 8.65. The molecule has 2 aliphatic heterocycles. The summed E-state index contributed by atoms with van der Waals surface area (Å²) in [5.74, 6) is 2.95. The summed E-state index contributed by atoms with van der Waals surface area (Å²) in [5.41, 5.74) is 9.09. The minimum absolute atomic E-state index is 0.206. The largest absolute Gasteiger partial charge is 0.454 e. The zero-order valence-corrected chi connectivity index (χ0v) is 17.0. The fraction of sp³-hybridized carbons (Fsp3) is 0.444. The molecule has 0 bridgehead atoms. The van der Waals surface area contributed by atoms with Gasteiger partial charge in [0.05, 0.1) is 0 Å². The van der Waals surface area contributed by atoms with Crippen LogP contribution in [0.5, 0.6) is 11.5 Å². The van der Waals surface area contributed by atoms with Crippen LogP contribution < -0.4 is 20.1 Å². The lowest BCUT2D eigenvalue weighted by atomic mass is 9.99. The molecule has 0 saturated carbocycles. The number of nitrogen functional groups attached to an aromatic ring is 1. The van der Waals surface area contributed by atoms with Gasteiger partial charge in [-0.3, -0.25) is 0 Å². The molecule has 3 heterocycles. The molecule has 2 aromatic rings. The Balaban J connectivity index is 1.73. The van der Waals surface area contributed by atoms with E-state index in [4.69, 9.17) is 26.8 Å². The third-order valence-electron chi connectivity index (χ3n) is 5.01. The zero-order valence-electron chi connectivity index (χ0n) is 14.7. The molecule has 1 atom stereocenters. The van der Waals surface area contributed by atoms with Gasteiger partial charge >= 0.3 is 0 Å². The smallest absolute Gasteiger partial charge is 0.231 e. The van der Waals surface area contributed by atoms with E-state index in [1.807, 2.05) is 6.07 Å². The predicted octanol–water partition coefficient (Wildman–Crippen LogP) is 4.42. The molecule has 8 heteroatoms. The molecule has 6 nitrogen and oxygen atoms in total. The fourth-order valence-corrected chi connectivity index (χ4v) is 4.75. The summed E-state index contributed by atoms with van der Waals surface area (Å²) in [5, 5.41) is 0.468. The summed E-state index contributed by atoms with van der Waals surface area (Å²) in [6.45, 7) is 6.02. The van der Waals surface area contributed by atoms with Crippen LogP contribution in [-0.4, -0.2) is 23.3 Å². The minimum atomic E-state index is 0.206. The second-order valence-electron chi connectivity index (χ2n) is 6.67. The van der Waals surface area contributed by atoms with Crippen molar-refractivity contribution in [2.24, 2.45) is 0 Å². The van der Waals surface area contributed by atoms with Crippen molar-refractivity contribution in [3.63, 3.8) is 0 Å². The molecular formula is C18H20BrClN4O2. The molecule has 0 aliphatic carbocycles. The Hall–Kier alpha value is -1.73. The normalized spacial score (nSPS) is 17.7. The van der Waals surface area contributed by atoms with E-state index in [1.165, 1.54) is 0 Å². The molecular weight excluding hydrogens is 420 g/mol. The number of fused-ring (bicyclic) bond motifs is 2. The van der Waals surface area contributed by atoms with Gasteiger partial charge in [0.15, 0.2) is 11.5 Å². The highest BCUT2D eigenvalue weighted by Gasteiger charge is 2.34. The molecule has 1 unspecified atom stereocenters. The van der Waals surface area contributed by atoms with Crippen molar-refractivity contribution in [1.82, 2.24) is 9.97 Å². The lowest BCUT2D eigenvalue weighted by molar-refractivity contribution is 0.173. The highest BCUT2D eigenvalue weighted by molar-refractivity contribution is 9.10. The summed E-state index contributed by atoms with van der Waals surface area (Å²) >= 11 is 10.1. The van der Waals surface area contributed by atoms with E-state index in [-0.39, 0.29) is 12.7 Å². The molecule has 138 valence electrons. The van der Waals surface area contributed by atoms with Gasteiger partial charge in [-0.25, -0.2) is 4.98 Å². The Labute approximate surface area is 165 Å². The molecule has 0 amide bonds. The van der Waals surface area contributed by atoms with Crippen LogP contribution in [0.15, 0.2) is 10.5 Å². The number of anilines is 2. The molecule has 0 fully saturated rings. The molecule has 0 saturated heterocycles. The first kappa shape index (κ1) is 17.7. The first-order chi connectivity index (χ1) is 12.5. The van der Waals surface area contributed by atoms with E-state index in [0.29, 0.717) is 17.6 Å². The van der Waals surface area contributed by atoms with Gasteiger partial charge in [-0.2, -0.15) is 4.98 Å². The Morgan fingerprint density at radius 3 is 2.96 bits per heavy atom. The lowest BCUT2D eigenvalue weighted by Gasteiger charge is -2.22. The van der Waals surface area contributed by atoms with Gasteiger partial charge in [0.1, 0.15) is 11.0 Å². The molecule has 0 spiro atoms. The van der Waals surface area contributed by atoms with Crippen LogP contribution in [-0.2, 0) is 6.54 Å². The number of ether oxygens (including phenoxy) is 2. The maximum atomic E-state index is 6.41. The molecule has 2 aliphatic rings. The van der Waals surface area contributed by atoms with Gasteiger partial charge in [-0.1, -0.05) is 40.9 Å². The van der Waals surface area contributed by atoms with Gasteiger partial charge < -0.3 is 20.1 Å². The Kier molecular flexibility index (Phi) is 4.61. The van der Waals surface area contributed by atoms with Gasteiger partial charge in [0, 0.05) is 34.6 Å². The van der Waals surface area contributed by atoms with Crippen LogP contribution >= 0.6 is 27.5 Å². The SMILES string of the molecule is CCCC1CN(Cc2c(Br)cc3c(c2C)OCO3)c2nc(N)nc(Cl)c21. The standard InChI is InChI=1S/C18H20BrClN4O2/c1-3-4-10-6-24(17-14(10)16(20)22-18(21)23-17)7-11-9(2)15-13(5-12(11)19)25-8-26-15/h5,10H,3-4,6-8H2,1-2H3,(H2,21,22,23). The second kappa shape index (κ2) is 6.78. The average Bonchev–Trinajstić information content (AvgIpc) is 3.17. The van der Waals surface area contributed by atoms with E-state index in [0.717, 1.165) is 57.9 Å². The number of aromatic nitrogens is 2. The van der Waals surface area contributed by atoms with Gasteiger partial charge in [0.25, 0.3) is 0 Å². The maximum absolute atomic E-state index is 6.41. The van der Waals surface area contributed by atoms with Crippen LogP contribution in [0.2, 0.25) is 5.15 Å². The van der Waals surface area contributed by atoms with Crippen molar-refractivity contribution in [2.75, 3.05) is 24.0 Å². The first-order valence-corrected chi connectivity index (χ1v) is 9.82. The van der Waals surface area contributed by atoms with Gasteiger partial charge in [-0.15, -0.1) is 0 Å². The third-order valence-corrected chi connectivity index (χ3v) is 6.01. The lowest BCUT2D eigenvalue weighted by Crippen LogP contribution is -2.23. The van der Waals surface area contributed by atoms with E-state index in [1.54, 1.807) is 0 Å². The molecule has 4 rings (SSSR count). The number of halogens is 2. The van der Waals surface area contributed by atoms with E-state index < -0.39 is 0 Å². The van der Waals surface area contributed by atoms with Crippen LogP contribution in [0.1, 0.15) is 42.4 Å². The summed E-state index contributed by atoms with van der Waals surface area (Å²) in [6, 6.07) is 1.96. The third kappa shape index (κ3) is 2.87. The van der Waals surface area contributed by atoms with E-state index in [2.05, 4.69) is 44.6 Å². The zero-order chi connectivity index (χ0) is 18.4. The van der Waals surface area contributed by atoms with Crippen molar-refractivity contribution in [1.29, 1.82) is 0 Å². The summed E-state index contributed by atoms with van der Waals surface area (Å²) in [7, 11) is 0. The number of hydrogen-bond donors (Lipinski definition) is 1. The van der Waals surface area contributed by atoms with Crippen molar-refractivity contribution in [3.8, 4) is 11.5 Å². The van der Waals surface area contributed by atoms with Crippen LogP contribution in [0.25, 0.3) is 0 Å². The molecule has 1 aromatic carbocycles. The molecule has 2 N–H and O–H groups in total. The van der Waals surface area contributed by atoms with Crippen molar-refractivity contribution < 1.29 is 9.47 Å². The van der Waals surface area contributed by atoms with E-state index >= 15 is 0 Å². The molecule has 0 radical (unpaired) electrons. The highest BCUT2D eigenvalue weighted by atomic mass is 79.9. The van der Waals surface area contributed by atoms with Crippen molar-refractivity contribution >= 4 is 39.3 Å². The quantitative estimate of drug-likeness (QED) is 0.711. The highest BCUT2D eigenvalue weighted by Crippen LogP contribution is 2.45. The van der Waals surface area contributed by atoms with Gasteiger partial charge in [0.2, 0.25) is 12.7 Å². The van der Waals surface area contributed by atoms with Crippen LogP contribution in [0, 0.1) is 6.92 Å². The van der Waals surface area contributed by atoms with Crippen molar-refractivity contribution in [3.05, 3.63) is 32.4 Å². The monoisotopic (exact) mass is 438 g/mol. The number of hydrogen-bond acceptors (Lipinski definition) is 6. The van der Waals surface area contributed by atoms with Gasteiger partial charge in [-0.05, 0) is 25.0 Å². The number of rotatable bonds is 4. The second-order valence-corrected chi connectivity index (χ2v) is 7.88. The van der Waals surface area contributed by atoms with E-state index in [9.17, 15) is 0 Å². The number of nitrogens with two attached hydrogens (primary N) is 1. The predicted molar refractivity (Wildman–Crippen MR) is 105 cm³/mol. The van der Waals surface area contributed by atoms with Crippen LogP contribution in [0.4, 0.5) is 11.8 Å². The number of benzene rings is 1. The Morgan fingerprint density at radius 1 is 1.38 bits per heavy atom.